The summed E-state index contributed by atoms with van der Waals surface area (Å²) >= 11 is 7.49. The monoisotopic (exact) mass is 530 g/mol. The van der Waals surface area contributed by atoms with Gasteiger partial charge in [0.15, 0.2) is 5.13 Å². The molecule has 1 amide bonds. The number of hydrogen-bond acceptors (Lipinski definition) is 10. The largest absolute Gasteiger partial charge is 0.379 e. The predicted molar refractivity (Wildman–Crippen MR) is 145 cm³/mol. The second kappa shape index (κ2) is 12.4. The van der Waals surface area contributed by atoms with Crippen LogP contribution >= 0.6 is 22.9 Å². The number of ether oxygens (including phenoxy) is 1. The Bertz CT molecular complexity index is 1160. The molecule has 192 valence electrons. The zero-order valence-corrected chi connectivity index (χ0v) is 22.0. The van der Waals surface area contributed by atoms with Crippen molar-refractivity contribution in [2.75, 3.05) is 68.0 Å². The summed E-state index contributed by atoms with van der Waals surface area (Å²) < 4.78 is 5.50. The molecular formula is C24H31ClN8O2S. The fraction of sp³-hybridized carbons (Fsp3) is 0.417. The Morgan fingerprint density at radius 3 is 2.75 bits per heavy atom. The lowest BCUT2D eigenvalue weighted by Gasteiger charge is -2.35. The van der Waals surface area contributed by atoms with Crippen molar-refractivity contribution in [1.29, 1.82) is 0 Å². The van der Waals surface area contributed by atoms with Crippen LogP contribution in [0.15, 0.2) is 30.5 Å². The SMILES string of the molecule is Cc1nc(Nc2ncc(C(=O)Nc3c(C)cccc3Cl)s2)cc(N2CCN(CCOCCN)CC2)n1. The fourth-order valence-electron chi connectivity index (χ4n) is 3.87. The molecule has 0 spiro atoms. The van der Waals surface area contributed by atoms with E-state index in [-0.39, 0.29) is 5.91 Å². The molecule has 1 aliphatic heterocycles. The first-order valence-electron chi connectivity index (χ1n) is 11.8. The van der Waals surface area contributed by atoms with Crippen LogP contribution in [0.2, 0.25) is 5.02 Å². The third kappa shape index (κ3) is 6.89. The minimum Gasteiger partial charge on any atom is -0.379 e. The highest BCUT2D eigenvalue weighted by molar-refractivity contribution is 7.17. The number of aromatic nitrogens is 3. The maximum Gasteiger partial charge on any atom is 0.267 e. The summed E-state index contributed by atoms with van der Waals surface area (Å²) in [5.74, 6) is 1.91. The van der Waals surface area contributed by atoms with Gasteiger partial charge in [0.1, 0.15) is 22.3 Å². The molecule has 0 atom stereocenters. The van der Waals surface area contributed by atoms with E-state index in [1.165, 1.54) is 11.3 Å². The smallest absolute Gasteiger partial charge is 0.267 e. The van der Waals surface area contributed by atoms with Gasteiger partial charge in [-0.3, -0.25) is 9.69 Å². The number of hydrogen-bond donors (Lipinski definition) is 3. The molecule has 10 nitrogen and oxygen atoms in total. The summed E-state index contributed by atoms with van der Waals surface area (Å²) in [5, 5.41) is 7.17. The van der Waals surface area contributed by atoms with Crippen LogP contribution in [0.4, 0.5) is 22.5 Å². The Labute approximate surface area is 219 Å². The highest BCUT2D eigenvalue weighted by Crippen LogP contribution is 2.28. The van der Waals surface area contributed by atoms with Crippen molar-refractivity contribution in [3.63, 3.8) is 0 Å². The molecule has 1 fully saturated rings. The van der Waals surface area contributed by atoms with Gasteiger partial charge in [-0.1, -0.05) is 35.1 Å². The molecule has 0 unspecified atom stereocenters. The number of piperazine rings is 1. The van der Waals surface area contributed by atoms with Crippen molar-refractivity contribution < 1.29 is 9.53 Å². The molecule has 0 radical (unpaired) electrons. The van der Waals surface area contributed by atoms with Gasteiger partial charge in [0.25, 0.3) is 5.91 Å². The number of nitrogens with one attached hydrogen (secondary N) is 2. The predicted octanol–water partition coefficient (Wildman–Crippen LogP) is 3.30. The molecule has 0 saturated carbocycles. The standard InChI is InChI=1S/C24H31ClN8O2S/c1-16-4-3-5-18(25)22(16)31-23(34)19-15-27-24(36-19)30-20-14-21(29-17(2)28-20)33-9-7-32(8-10-33)11-13-35-12-6-26/h3-5,14-15H,6-13,26H2,1-2H3,(H,31,34)(H,27,28,29,30). The van der Waals surface area contributed by atoms with Crippen molar-refractivity contribution in [3.8, 4) is 0 Å². The summed E-state index contributed by atoms with van der Waals surface area (Å²) in [5.41, 5.74) is 6.96. The average molecular weight is 531 g/mol. The molecule has 0 bridgehead atoms. The number of nitrogens with zero attached hydrogens (tertiary/aromatic N) is 5. The summed E-state index contributed by atoms with van der Waals surface area (Å²) in [6, 6.07) is 7.41. The van der Waals surface area contributed by atoms with Crippen LogP contribution in [0.5, 0.6) is 0 Å². The number of thiazole rings is 1. The van der Waals surface area contributed by atoms with E-state index < -0.39 is 0 Å². The number of rotatable bonds is 10. The van der Waals surface area contributed by atoms with Gasteiger partial charge in [-0.2, -0.15) is 0 Å². The summed E-state index contributed by atoms with van der Waals surface area (Å²) in [4.78, 5) is 31.3. The lowest BCUT2D eigenvalue weighted by molar-refractivity contribution is 0.103. The van der Waals surface area contributed by atoms with E-state index in [2.05, 4.69) is 35.4 Å². The first-order valence-corrected chi connectivity index (χ1v) is 13.0. The third-order valence-electron chi connectivity index (χ3n) is 5.76. The van der Waals surface area contributed by atoms with Gasteiger partial charge in [-0.15, -0.1) is 0 Å². The van der Waals surface area contributed by atoms with Crippen LogP contribution in [0.25, 0.3) is 0 Å². The van der Waals surface area contributed by atoms with E-state index in [4.69, 9.17) is 22.1 Å². The van der Waals surface area contributed by atoms with Gasteiger partial charge in [0.2, 0.25) is 0 Å². The Morgan fingerprint density at radius 2 is 2.00 bits per heavy atom. The molecule has 1 saturated heterocycles. The average Bonchev–Trinajstić information content (AvgIpc) is 3.33. The van der Waals surface area contributed by atoms with Crippen molar-refractivity contribution in [1.82, 2.24) is 19.9 Å². The van der Waals surface area contributed by atoms with Crippen molar-refractivity contribution in [3.05, 3.63) is 51.7 Å². The number of halogens is 1. The summed E-state index contributed by atoms with van der Waals surface area (Å²) in [7, 11) is 0. The zero-order valence-electron chi connectivity index (χ0n) is 20.5. The normalized spacial score (nSPS) is 14.2. The summed E-state index contributed by atoms with van der Waals surface area (Å²) in [6.07, 6.45) is 1.54. The molecule has 2 aromatic heterocycles. The minimum absolute atomic E-state index is 0.261. The van der Waals surface area contributed by atoms with Crippen molar-refractivity contribution >= 4 is 51.3 Å². The molecule has 4 rings (SSSR count). The Morgan fingerprint density at radius 1 is 1.19 bits per heavy atom. The Kier molecular flexibility index (Phi) is 9.05. The zero-order chi connectivity index (χ0) is 25.5. The second-order valence-corrected chi connectivity index (χ2v) is 9.87. The highest BCUT2D eigenvalue weighted by Gasteiger charge is 2.19. The number of benzene rings is 1. The minimum atomic E-state index is -0.261. The van der Waals surface area contributed by atoms with Crippen LogP contribution in [0.1, 0.15) is 21.1 Å². The van der Waals surface area contributed by atoms with Crippen molar-refractivity contribution in [2.24, 2.45) is 5.73 Å². The van der Waals surface area contributed by atoms with E-state index in [1.54, 1.807) is 12.3 Å². The topological polar surface area (TPSA) is 122 Å². The van der Waals surface area contributed by atoms with Gasteiger partial charge in [0, 0.05) is 45.3 Å². The first kappa shape index (κ1) is 26.2. The number of para-hydroxylation sites is 1. The van der Waals surface area contributed by atoms with Crippen molar-refractivity contribution in [2.45, 2.75) is 13.8 Å². The van der Waals surface area contributed by atoms with E-state index in [0.29, 0.717) is 52.1 Å². The number of carbonyl (C=O) groups is 1. The van der Waals surface area contributed by atoms with Gasteiger partial charge >= 0.3 is 0 Å². The van der Waals surface area contributed by atoms with Gasteiger partial charge < -0.3 is 26.0 Å². The molecule has 36 heavy (non-hydrogen) atoms. The molecule has 12 heteroatoms. The van der Waals surface area contributed by atoms with Gasteiger partial charge in [0.05, 0.1) is 30.1 Å². The molecule has 3 heterocycles. The number of carbonyl (C=O) groups excluding carboxylic acids is 1. The second-order valence-electron chi connectivity index (χ2n) is 8.43. The number of amides is 1. The number of nitrogens with two attached hydrogens (primary N) is 1. The fourth-order valence-corrected chi connectivity index (χ4v) is 4.86. The molecule has 0 aliphatic carbocycles. The van der Waals surface area contributed by atoms with E-state index >= 15 is 0 Å². The van der Waals surface area contributed by atoms with Gasteiger partial charge in [-0.25, -0.2) is 15.0 Å². The van der Waals surface area contributed by atoms with Crippen LogP contribution in [0, 0.1) is 13.8 Å². The molecular weight excluding hydrogens is 500 g/mol. The quantitative estimate of drug-likeness (QED) is 0.339. The highest BCUT2D eigenvalue weighted by atomic mass is 35.5. The van der Waals surface area contributed by atoms with Gasteiger partial charge in [-0.05, 0) is 25.5 Å². The van der Waals surface area contributed by atoms with Crippen LogP contribution in [0.3, 0.4) is 0 Å². The first-order chi connectivity index (χ1) is 17.4. The number of anilines is 4. The van der Waals surface area contributed by atoms with E-state index in [1.807, 2.05) is 32.0 Å². The molecule has 4 N–H and O–H groups in total. The van der Waals surface area contributed by atoms with E-state index in [9.17, 15) is 4.79 Å². The van der Waals surface area contributed by atoms with E-state index in [0.717, 1.165) is 44.1 Å². The Balaban J connectivity index is 1.36. The third-order valence-corrected chi connectivity index (χ3v) is 6.99. The Hall–Kier alpha value is -2.83. The van der Waals surface area contributed by atoms with Crippen LogP contribution in [-0.2, 0) is 4.74 Å². The number of aryl methyl sites for hydroxylation is 2. The summed E-state index contributed by atoms with van der Waals surface area (Å²) in [6.45, 7) is 10.1. The van der Waals surface area contributed by atoms with Crippen LogP contribution in [-0.4, -0.2) is 78.2 Å². The maximum atomic E-state index is 12.7. The molecule has 3 aromatic rings. The lowest BCUT2D eigenvalue weighted by Crippen LogP contribution is -2.47. The lowest BCUT2D eigenvalue weighted by atomic mass is 10.2. The molecule has 1 aromatic carbocycles. The van der Waals surface area contributed by atoms with Crippen LogP contribution < -0.4 is 21.3 Å². The molecule has 1 aliphatic rings. The maximum absolute atomic E-state index is 12.7.